The summed E-state index contributed by atoms with van der Waals surface area (Å²) >= 11 is 3.03. The molecular weight excluding hydrogens is 268 g/mol. The van der Waals surface area contributed by atoms with Gasteiger partial charge < -0.3 is 9.47 Å². The van der Waals surface area contributed by atoms with Gasteiger partial charge in [0.1, 0.15) is 4.60 Å². The molecule has 1 heterocycles. The Labute approximate surface area is 93.7 Å². The molecule has 0 aromatic carbocycles. The number of halogens is 1. The van der Waals surface area contributed by atoms with Gasteiger partial charge in [-0.3, -0.25) is 0 Å². The summed E-state index contributed by atoms with van der Waals surface area (Å²) in [6.45, 7) is 0. The lowest BCUT2D eigenvalue weighted by molar-refractivity contribution is 0.0544. The number of aromatic nitrogens is 2. The third-order valence-corrected chi connectivity index (χ3v) is 1.88. The number of carbonyl (C=O) groups is 2. The van der Waals surface area contributed by atoms with E-state index in [2.05, 4.69) is 35.4 Å². The van der Waals surface area contributed by atoms with Crippen LogP contribution in [0.15, 0.2) is 10.8 Å². The predicted molar refractivity (Wildman–Crippen MR) is 52.4 cm³/mol. The predicted octanol–water partition coefficient (Wildman–Crippen LogP) is 0.812. The van der Waals surface area contributed by atoms with Crippen molar-refractivity contribution < 1.29 is 19.1 Å². The van der Waals surface area contributed by atoms with Crippen LogP contribution in [-0.4, -0.2) is 36.1 Å². The van der Waals surface area contributed by atoms with Crippen molar-refractivity contribution in [3.05, 3.63) is 22.2 Å². The fraction of sp³-hybridized carbons (Fsp3) is 0.250. The van der Waals surface area contributed by atoms with Crippen LogP contribution in [0.2, 0.25) is 0 Å². The maximum atomic E-state index is 11.3. The van der Waals surface area contributed by atoms with Crippen LogP contribution in [0.5, 0.6) is 0 Å². The Kier molecular flexibility index (Phi) is 3.73. The number of rotatable bonds is 2. The lowest BCUT2D eigenvalue weighted by Crippen LogP contribution is -2.16. The number of nitrogens with zero attached hydrogens (tertiary/aromatic N) is 2. The quantitative estimate of drug-likeness (QED) is 0.743. The zero-order valence-corrected chi connectivity index (χ0v) is 9.57. The second-order valence-corrected chi connectivity index (χ2v) is 3.19. The van der Waals surface area contributed by atoms with Crippen molar-refractivity contribution >= 4 is 27.9 Å². The molecule has 1 rings (SSSR count). The molecule has 0 saturated heterocycles. The van der Waals surface area contributed by atoms with E-state index in [-0.39, 0.29) is 11.4 Å². The van der Waals surface area contributed by atoms with E-state index < -0.39 is 11.9 Å². The molecular formula is C8H7BrN2O4. The second-order valence-electron chi connectivity index (χ2n) is 2.37. The number of carbonyl (C=O) groups excluding carboxylic acids is 2. The van der Waals surface area contributed by atoms with Crippen LogP contribution in [-0.2, 0) is 9.47 Å². The van der Waals surface area contributed by atoms with E-state index in [9.17, 15) is 9.59 Å². The van der Waals surface area contributed by atoms with Crippen LogP contribution in [0.4, 0.5) is 0 Å². The van der Waals surface area contributed by atoms with Crippen LogP contribution in [0.25, 0.3) is 0 Å². The molecule has 0 aliphatic rings. The fourth-order valence-electron chi connectivity index (χ4n) is 0.853. The zero-order valence-electron chi connectivity index (χ0n) is 7.98. The van der Waals surface area contributed by atoms with Gasteiger partial charge >= 0.3 is 11.9 Å². The Hall–Kier alpha value is -1.50. The molecule has 1 aromatic heterocycles. The van der Waals surface area contributed by atoms with Gasteiger partial charge in [0.2, 0.25) is 0 Å². The molecule has 0 amide bonds. The second kappa shape index (κ2) is 4.83. The van der Waals surface area contributed by atoms with Crippen molar-refractivity contribution in [1.29, 1.82) is 0 Å². The Morgan fingerprint density at radius 2 is 1.73 bits per heavy atom. The maximum absolute atomic E-state index is 11.3. The first kappa shape index (κ1) is 11.6. The molecule has 7 heteroatoms. The van der Waals surface area contributed by atoms with Crippen molar-refractivity contribution in [1.82, 2.24) is 9.97 Å². The van der Waals surface area contributed by atoms with Gasteiger partial charge in [0.25, 0.3) is 0 Å². The molecule has 1 aromatic rings. The van der Waals surface area contributed by atoms with E-state index in [1.165, 1.54) is 20.4 Å². The third-order valence-electron chi connectivity index (χ3n) is 1.50. The number of methoxy groups -OCH3 is 2. The first-order valence-corrected chi connectivity index (χ1v) is 4.58. The van der Waals surface area contributed by atoms with Crippen molar-refractivity contribution in [2.24, 2.45) is 0 Å². The average Bonchev–Trinajstić information content (AvgIpc) is 2.26. The lowest BCUT2D eigenvalue weighted by Gasteiger charge is -2.04. The van der Waals surface area contributed by atoms with Crippen molar-refractivity contribution in [2.45, 2.75) is 0 Å². The highest BCUT2D eigenvalue weighted by Gasteiger charge is 2.22. The molecule has 0 N–H and O–H groups in total. The minimum absolute atomic E-state index is 0.174. The Balaban J connectivity index is 3.26. The van der Waals surface area contributed by atoms with Gasteiger partial charge in [-0.05, 0) is 15.9 Å². The van der Waals surface area contributed by atoms with Crippen molar-refractivity contribution in [3.63, 3.8) is 0 Å². The lowest BCUT2D eigenvalue weighted by atomic mass is 10.3. The Bertz CT molecular complexity index is 408. The first-order chi connectivity index (χ1) is 7.10. The summed E-state index contributed by atoms with van der Waals surface area (Å²) in [6, 6.07) is 0. The molecule has 15 heavy (non-hydrogen) atoms. The van der Waals surface area contributed by atoms with Gasteiger partial charge in [-0.15, -0.1) is 0 Å². The minimum Gasteiger partial charge on any atom is -0.464 e. The minimum atomic E-state index is -0.746. The van der Waals surface area contributed by atoms with Gasteiger partial charge in [-0.2, -0.15) is 0 Å². The summed E-state index contributed by atoms with van der Waals surface area (Å²) in [5.74, 6) is -1.49. The Morgan fingerprint density at radius 1 is 1.20 bits per heavy atom. The van der Waals surface area contributed by atoms with Crippen molar-refractivity contribution in [3.8, 4) is 0 Å². The van der Waals surface area contributed by atoms with Crippen LogP contribution >= 0.6 is 15.9 Å². The standard InChI is InChI=1S/C8H7BrN2O4/c1-14-7(12)5-6(8(13)15-2)11-4(9)3-10-5/h3H,1-2H3. The normalized spacial score (nSPS) is 9.53. The average molecular weight is 275 g/mol. The van der Waals surface area contributed by atoms with Crippen LogP contribution in [0.1, 0.15) is 21.0 Å². The molecule has 0 bridgehead atoms. The molecule has 0 spiro atoms. The van der Waals surface area contributed by atoms with Crippen LogP contribution < -0.4 is 0 Å². The largest absolute Gasteiger partial charge is 0.464 e. The highest BCUT2D eigenvalue weighted by Crippen LogP contribution is 2.11. The molecule has 0 fully saturated rings. The van der Waals surface area contributed by atoms with Gasteiger partial charge in [0.05, 0.1) is 20.4 Å². The van der Waals surface area contributed by atoms with Crippen molar-refractivity contribution in [2.75, 3.05) is 14.2 Å². The summed E-state index contributed by atoms with van der Waals surface area (Å²) in [4.78, 5) is 30.0. The van der Waals surface area contributed by atoms with E-state index in [0.29, 0.717) is 4.60 Å². The number of hydrogen-bond donors (Lipinski definition) is 0. The summed E-state index contributed by atoms with van der Waals surface area (Å²) < 4.78 is 9.23. The smallest absolute Gasteiger partial charge is 0.359 e. The SMILES string of the molecule is COC(=O)c1ncc(Br)nc1C(=O)OC. The molecule has 0 aliphatic heterocycles. The third kappa shape index (κ3) is 2.50. The number of esters is 2. The molecule has 6 nitrogen and oxygen atoms in total. The molecule has 0 aliphatic carbocycles. The molecule has 0 unspecified atom stereocenters. The summed E-state index contributed by atoms with van der Waals surface area (Å²) in [7, 11) is 2.37. The fourth-order valence-corrected chi connectivity index (χ4v) is 1.13. The van der Waals surface area contributed by atoms with E-state index in [0.717, 1.165) is 0 Å². The van der Waals surface area contributed by atoms with Crippen LogP contribution in [0.3, 0.4) is 0 Å². The number of ether oxygens (including phenoxy) is 2. The molecule has 80 valence electrons. The van der Waals surface area contributed by atoms with Gasteiger partial charge in [-0.25, -0.2) is 19.6 Å². The van der Waals surface area contributed by atoms with E-state index in [1.807, 2.05) is 0 Å². The summed E-state index contributed by atoms with van der Waals surface area (Å²) in [5, 5.41) is 0. The van der Waals surface area contributed by atoms with E-state index in [1.54, 1.807) is 0 Å². The van der Waals surface area contributed by atoms with Gasteiger partial charge in [0.15, 0.2) is 11.4 Å². The zero-order chi connectivity index (χ0) is 11.4. The van der Waals surface area contributed by atoms with E-state index >= 15 is 0 Å². The summed E-state index contributed by atoms with van der Waals surface area (Å²) in [6.07, 6.45) is 1.29. The first-order valence-electron chi connectivity index (χ1n) is 3.79. The maximum Gasteiger partial charge on any atom is 0.359 e. The van der Waals surface area contributed by atoms with Gasteiger partial charge in [-0.1, -0.05) is 0 Å². The van der Waals surface area contributed by atoms with Crippen LogP contribution in [0, 0.1) is 0 Å². The Morgan fingerprint density at radius 3 is 2.27 bits per heavy atom. The monoisotopic (exact) mass is 274 g/mol. The molecule has 0 atom stereocenters. The molecule has 0 saturated carbocycles. The highest BCUT2D eigenvalue weighted by molar-refractivity contribution is 9.10. The highest BCUT2D eigenvalue weighted by atomic mass is 79.9. The summed E-state index contributed by atoms with van der Waals surface area (Å²) in [5.41, 5.74) is -0.355. The van der Waals surface area contributed by atoms with Gasteiger partial charge in [0, 0.05) is 0 Å². The number of hydrogen-bond acceptors (Lipinski definition) is 6. The topological polar surface area (TPSA) is 78.4 Å². The molecule has 0 radical (unpaired) electrons. The van der Waals surface area contributed by atoms with E-state index in [4.69, 9.17) is 0 Å².